The lowest BCUT2D eigenvalue weighted by Gasteiger charge is -2.54. The maximum absolute atomic E-state index is 15.8. The number of amides is 12. The number of nitrogens with zero attached hydrogens (tertiary/aromatic N) is 9. The minimum atomic E-state index is -4.56. The van der Waals surface area contributed by atoms with Crippen LogP contribution in [0.2, 0.25) is 0 Å². The molecule has 3 aliphatic heterocycles. The predicted octanol–water partition coefficient (Wildman–Crippen LogP) is 6.53. The number of alkyl halides is 7. The number of carbonyl (C=O) groups is 12. The van der Waals surface area contributed by atoms with Crippen molar-refractivity contribution in [2.75, 3.05) is 96.3 Å². The van der Waals surface area contributed by atoms with Gasteiger partial charge in [0.1, 0.15) is 53.9 Å². The van der Waals surface area contributed by atoms with Gasteiger partial charge in [-0.3, -0.25) is 57.5 Å². The molecule has 2 spiro atoms. The summed E-state index contributed by atoms with van der Waals surface area (Å²) < 4.78 is 90.3. The second-order valence-electron chi connectivity index (χ2n) is 32.9. The molecule has 3 heterocycles. The number of likely N-dealkylation sites (N-methyl/N-ethyl adjacent to an activating group) is 7. The van der Waals surface area contributed by atoms with E-state index in [1.807, 2.05) is 27.7 Å². The molecule has 6 fully saturated rings. The van der Waals surface area contributed by atoms with Crippen LogP contribution < -0.4 is 16.0 Å². The molecule has 4 saturated carbocycles. The van der Waals surface area contributed by atoms with Crippen LogP contribution in [-0.2, 0) is 62.3 Å². The number of halogens is 7. The third kappa shape index (κ3) is 20.8. The lowest BCUT2D eigenvalue weighted by Crippen LogP contribution is -2.71. The molecule has 7 aliphatic rings. The van der Waals surface area contributed by atoms with Crippen molar-refractivity contribution in [3.8, 4) is 0 Å². The van der Waals surface area contributed by atoms with Crippen LogP contribution in [0.4, 0.5) is 26.3 Å². The van der Waals surface area contributed by atoms with Gasteiger partial charge in [0.25, 0.3) is 0 Å². The van der Waals surface area contributed by atoms with Gasteiger partial charge in [-0.1, -0.05) is 73.0 Å². The van der Waals surface area contributed by atoms with E-state index < -0.39 is 215 Å². The number of fused-ring (bicyclic) bond motifs is 3. The van der Waals surface area contributed by atoms with Crippen LogP contribution in [0.25, 0.3) is 0 Å². The minimum absolute atomic E-state index is 0.0364. The Morgan fingerprint density at radius 2 is 1.29 bits per heavy atom. The Kier molecular flexibility index (Phi) is 29.4. The predicted molar refractivity (Wildman–Crippen MR) is 386 cm³/mol. The van der Waals surface area contributed by atoms with Gasteiger partial charge >= 0.3 is 12.4 Å². The first-order chi connectivity index (χ1) is 49.9. The third-order valence-electron chi connectivity index (χ3n) is 24.4. The van der Waals surface area contributed by atoms with Crippen molar-refractivity contribution < 1.29 is 88.6 Å². The van der Waals surface area contributed by atoms with Crippen LogP contribution in [0, 0.1) is 46.3 Å². The Balaban J connectivity index is 1.33. The zero-order valence-corrected chi connectivity index (χ0v) is 65.9. The van der Waals surface area contributed by atoms with Gasteiger partial charge in [-0.2, -0.15) is 26.3 Å². The van der Waals surface area contributed by atoms with E-state index in [-0.39, 0.29) is 109 Å². The van der Waals surface area contributed by atoms with E-state index in [9.17, 15) is 55.1 Å². The molecule has 32 heteroatoms. The first-order valence-electron chi connectivity index (χ1n) is 38.1. The highest BCUT2D eigenvalue weighted by Crippen LogP contribution is 2.56. The van der Waals surface area contributed by atoms with E-state index in [4.69, 9.17) is 16.3 Å². The van der Waals surface area contributed by atoms with Crippen molar-refractivity contribution in [3.05, 3.63) is 12.2 Å². The summed E-state index contributed by atoms with van der Waals surface area (Å²) in [5, 5.41) is 7.37. The molecule has 604 valence electrons. The molecule has 3 N–H and O–H groups in total. The van der Waals surface area contributed by atoms with Crippen molar-refractivity contribution in [2.24, 2.45) is 46.3 Å². The number of rotatable bonds is 13. The van der Waals surface area contributed by atoms with Gasteiger partial charge in [-0.15, -0.1) is 11.6 Å². The molecule has 12 atom stereocenters. The average molecular weight is 1540 g/mol. The maximum atomic E-state index is 15.8. The van der Waals surface area contributed by atoms with Gasteiger partial charge in [-0.05, 0) is 144 Å². The molecule has 0 radical (unpaired) electrons. The van der Waals surface area contributed by atoms with Crippen molar-refractivity contribution >= 4 is 82.5 Å². The van der Waals surface area contributed by atoms with Gasteiger partial charge in [-0.25, -0.2) is 0 Å². The number of hydrogen-bond donors (Lipinski definition) is 3. The second kappa shape index (κ2) is 35.9. The van der Waals surface area contributed by atoms with Crippen LogP contribution in [0.1, 0.15) is 176 Å². The Bertz CT molecular complexity index is 3260. The van der Waals surface area contributed by atoms with E-state index in [1.54, 1.807) is 26.0 Å². The summed E-state index contributed by atoms with van der Waals surface area (Å²) in [6, 6.07) is -11.1. The van der Waals surface area contributed by atoms with E-state index in [1.165, 1.54) is 83.1 Å². The van der Waals surface area contributed by atoms with Crippen molar-refractivity contribution in [3.63, 3.8) is 0 Å². The lowest BCUT2D eigenvalue weighted by molar-refractivity contribution is -0.184. The molecule has 4 aliphatic carbocycles. The van der Waals surface area contributed by atoms with Gasteiger partial charge in [0.05, 0.1) is 38.0 Å². The van der Waals surface area contributed by atoms with Crippen LogP contribution >= 0.6 is 11.6 Å². The summed E-state index contributed by atoms with van der Waals surface area (Å²) in [4.78, 5) is 192. The number of hydrogen-bond acceptors (Lipinski definition) is 13. The molecule has 12 amide bonds. The highest BCUT2D eigenvalue weighted by atomic mass is 35.5. The Hall–Kier alpha value is -6.79. The van der Waals surface area contributed by atoms with Gasteiger partial charge in [0.15, 0.2) is 0 Å². The molecule has 7 rings (SSSR count). The average Bonchev–Trinajstić information content (AvgIpc) is 1.71. The first kappa shape index (κ1) is 87.4. The molecule has 2 bridgehead atoms. The molecule has 25 nitrogen and oxygen atoms in total. The van der Waals surface area contributed by atoms with E-state index in [0.717, 1.165) is 24.5 Å². The largest absolute Gasteiger partial charge is 0.393 e. The smallest absolute Gasteiger partial charge is 0.382 e. The first-order valence-corrected chi connectivity index (χ1v) is 38.5. The van der Waals surface area contributed by atoms with Crippen LogP contribution in [0.15, 0.2) is 12.2 Å². The zero-order valence-electron chi connectivity index (χ0n) is 65.2. The Morgan fingerprint density at radius 1 is 0.673 bits per heavy atom. The van der Waals surface area contributed by atoms with E-state index >= 15 is 28.8 Å². The fourth-order valence-electron chi connectivity index (χ4n) is 17.4. The molecule has 0 aromatic heterocycles. The van der Waals surface area contributed by atoms with Crippen LogP contribution in [-0.4, -0.2) is 283 Å². The quantitative estimate of drug-likeness (QED) is 0.101. The summed E-state index contributed by atoms with van der Waals surface area (Å²) in [6.45, 7) is 9.03. The summed E-state index contributed by atoms with van der Waals surface area (Å²) in [6.07, 6.45) is -4.54. The molecule has 0 aromatic rings. The summed E-state index contributed by atoms with van der Waals surface area (Å²) in [7, 11) is 12.2. The van der Waals surface area contributed by atoms with Crippen molar-refractivity contribution in [2.45, 2.75) is 248 Å². The number of nitrogens with one attached hydrogen (secondary N) is 3. The standard InChI is InChI=1S/C75H117ClF6N12O13/c1-16-44(4)60-68(104)88(10)39-59(97)89(11)52-22-20-19-21-33-93(67(52)103)54(35-46-23-27-48(28-24-46)74(77,78)79)66(102)87(9)38-57(95)83-51(30-26-45-25-29-49(50(76)34-45)75(80,81)82)64(100)94-43-72(31-32-72)37-55(94)63(99)85-73(41-71(5,6)42-73)70(106)92(14)61(47(17-2)18-3)69(105)91(13)53(65(101)86(7)8)36-58(96)90(12)56(40-107-15)62(98)84-60/h19-20,44-56,60-61H,16-18,21-43H2,1-15H3,(H,83,95)(H,84,98)(H,85,99)/b20-19-/t44-,45?,46?,48?,49?,50?,51-,52-,53-,54-,55-,56-,60-,61-/m0/s1. The number of carbonyl (C=O) groups excluding carboxylic acids is 12. The zero-order chi connectivity index (χ0) is 79.9. The Labute approximate surface area is 631 Å². The fourth-order valence-corrected chi connectivity index (χ4v) is 17.9. The van der Waals surface area contributed by atoms with Crippen molar-refractivity contribution in [1.82, 2.24) is 60.0 Å². The van der Waals surface area contributed by atoms with Gasteiger partial charge in [0.2, 0.25) is 70.9 Å². The van der Waals surface area contributed by atoms with Crippen LogP contribution in [0.3, 0.4) is 0 Å². The van der Waals surface area contributed by atoms with Gasteiger partial charge < -0.3 is 64.8 Å². The molecule has 107 heavy (non-hydrogen) atoms. The van der Waals surface area contributed by atoms with Crippen LogP contribution in [0.5, 0.6) is 0 Å². The van der Waals surface area contributed by atoms with Crippen molar-refractivity contribution in [1.29, 1.82) is 0 Å². The summed E-state index contributed by atoms with van der Waals surface area (Å²) in [5.74, 6) is -14.5. The van der Waals surface area contributed by atoms with E-state index in [2.05, 4.69) is 16.0 Å². The van der Waals surface area contributed by atoms with Gasteiger partial charge in [0, 0.05) is 82.0 Å². The lowest BCUT2D eigenvalue weighted by atomic mass is 9.58. The maximum Gasteiger partial charge on any atom is 0.393 e. The number of ether oxygens (including phenoxy) is 1. The summed E-state index contributed by atoms with van der Waals surface area (Å²) in [5.41, 5.74) is -2.77. The molecule has 0 aromatic carbocycles. The minimum Gasteiger partial charge on any atom is -0.382 e. The Morgan fingerprint density at radius 3 is 1.84 bits per heavy atom. The normalized spacial score (nSPS) is 31.2. The second-order valence-corrected chi connectivity index (χ2v) is 33.5. The van der Waals surface area contributed by atoms with E-state index in [0.29, 0.717) is 32.1 Å². The SMILES string of the molecule is CCC(CC)[C@H]1C(=O)N(C)[C@H](C(=O)N(C)C)CC(=O)N(C)[C@@H](COC)C(=O)N[C@@H]([C@@H](C)CC)C(=O)N(C)CC(=O)N(C)[C@H]2C/C=C\CCN(C2=O)[C@@H](CC2CCC(C(F)(F)F)CC2)C(=O)N(C)CC(=O)N[C@@H](CCC2CCC(C(F)(F)F)C(Cl)C2)C(=O)N2CC3(CC3)C[C@H]2C(=O)NC2(CC(C)(C)C2)C(=O)N1C. The third-order valence-corrected chi connectivity index (χ3v) is 24.8. The highest BCUT2D eigenvalue weighted by Gasteiger charge is 2.62. The fraction of sp³-hybridized carbons (Fsp3) is 0.813. The molecular formula is C75H117ClF6N12O13. The molecule has 2 saturated heterocycles. The molecule has 3 unspecified atom stereocenters. The highest BCUT2D eigenvalue weighted by molar-refractivity contribution is 6.21. The summed E-state index contributed by atoms with van der Waals surface area (Å²) >= 11 is 6.44. The monoisotopic (exact) mass is 1540 g/mol. The number of methoxy groups -OCH3 is 1. The molecular weight excluding hydrogens is 1430 g/mol. The topological polar surface area (TPSA) is 279 Å².